The largest absolute Gasteiger partial charge is 0.427 e. The zero-order valence-electron chi connectivity index (χ0n) is 16.4. The van der Waals surface area contributed by atoms with Gasteiger partial charge in [-0.25, -0.2) is 4.90 Å². The fourth-order valence-corrected chi connectivity index (χ4v) is 3.24. The molecule has 0 saturated carbocycles. The SMILES string of the molecule is CC(=O)Oc1cccc(N2C(=O)c3ccc(NC(=O)c4ccc(N)cc4)cc3C2=O)c1. The Morgan fingerprint density at radius 1 is 0.903 bits per heavy atom. The van der Waals surface area contributed by atoms with Gasteiger partial charge < -0.3 is 15.8 Å². The second-order valence-corrected chi connectivity index (χ2v) is 6.87. The highest BCUT2D eigenvalue weighted by Gasteiger charge is 2.37. The minimum Gasteiger partial charge on any atom is -0.427 e. The molecule has 154 valence electrons. The molecule has 8 nitrogen and oxygen atoms in total. The number of amides is 3. The molecule has 3 aromatic carbocycles. The van der Waals surface area contributed by atoms with Gasteiger partial charge in [-0.05, 0) is 54.6 Å². The van der Waals surface area contributed by atoms with Crippen molar-refractivity contribution in [2.24, 2.45) is 0 Å². The molecule has 0 fully saturated rings. The zero-order valence-corrected chi connectivity index (χ0v) is 16.4. The van der Waals surface area contributed by atoms with E-state index in [-0.39, 0.29) is 28.5 Å². The van der Waals surface area contributed by atoms with E-state index in [4.69, 9.17) is 10.5 Å². The van der Waals surface area contributed by atoms with E-state index in [2.05, 4.69) is 5.32 Å². The number of imide groups is 1. The number of nitrogen functional groups attached to an aromatic ring is 1. The summed E-state index contributed by atoms with van der Waals surface area (Å²) >= 11 is 0. The van der Waals surface area contributed by atoms with Crippen molar-refractivity contribution in [1.82, 2.24) is 0 Å². The van der Waals surface area contributed by atoms with Crippen molar-refractivity contribution in [2.75, 3.05) is 16.0 Å². The van der Waals surface area contributed by atoms with E-state index in [0.29, 0.717) is 16.9 Å². The summed E-state index contributed by atoms with van der Waals surface area (Å²) in [7, 11) is 0. The third-order valence-corrected chi connectivity index (χ3v) is 4.65. The minimum absolute atomic E-state index is 0.165. The van der Waals surface area contributed by atoms with E-state index < -0.39 is 17.8 Å². The van der Waals surface area contributed by atoms with Crippen LogP contribution in [0.15, 0.2) is 66.7 Å². The molecule has 0 aromatic heterocycles. The first-order valence-electron chi connectivity index (χ1n) is 9.32. The maximum absolute atomic E-state index is 13.0. The van der Waals surface area contributed by atoms with Crippen molar-refractivity contribution in [3.05, 3.63) is 83.4 Å². The molecule has 0 radical (unpaired) electrons. The topological polar surface area (TPSA) is 119 Å². The maximum atomic E-state index is 13.0. The molecule has 31 heavy (non-hydrogen) atoms. The fraction of sp³-hybridized carbons (Fsp3) is 0.0435. The lowest BCUT2D eigenvalue weighted by molar-refractivity contribution is -0.131. The fourth-order valence-electron chi connectivity index (χ4n) is 3.24. The van der Waals surface area contributed by atoms with Gasteiger partial charge in [0.1, 0.15) is 5.75 Å². The highest BCUT2D eigenvalue weighted by molar-refractivity contribution is 6.34. The lowest BCUT2D eigenvalue weighted by Gasteiger charge is -2.14. The minimum atomic E-state index is -0.538. The summed E-state index contributed by atoms with van der Waals surface area (Å²) in [4.78, 5) is 50.4. The number of nitrogens with one attached hydrogen (secondary N) is 1. The smallest absolute Gasteiger partial charge is 0.308 e. The second-order valence-electron chi connectivity index (χ2n) is 6.87. The number of hydrogen-bond donors (Lipinski definition) is 2. The molecule has 3 aromatic rings. The highest BCUT2D eigenvalue weighted by atomic mass is 16.5. The van der Waals surface area contributed by atoms with E-state index in [9.17, 15) is 19.2 Å². The summed E-state index contributed by atoms with van der Waals surface area (Å²) in [5, 5.41) is 2.71. The lowest BCUT2D eigenvalue weighted by atomic mass is 10.1. The molecule has 0 unspecified atom stereocenters. The van der Waals surface area contributed by atoms with E-state index >= 15 is 0 Å². The van der Waals surface area contributed by atoms with E-state index in [1.807, 2.05) is 0 Å². The van der Waals surface area contributed by atoms with E-state index in [0.717, 1.165) is 4.90 Å². The Morgan fingerprint density at radius 2 is 1.61 bits per heavy atom. The van der Waals surface area contributed by atoms with Crippen LogP contribution in [0.1, 0.15) is 38.0 Å². The molecule has 1 heterocycles. The van der Waals surface area contributed by atoms with Crippen LogP contribution in [0.25, 0.3) is 0 Å². The van der Waals surface area contributed by atoms with Gasteiger partial charge in [0, 0.05) is 29.9 Å². The Kier molecular flexibility index (Phi) is 4.96. The van der Waals surface area contributed by atoms with Crippen LogP contribution < -0.4 is 20.7 Å². The quantitative estimate of drug-likeness (QED) is 0.292. The summed E-state index contributed by atoms with van der Waals surface area (Å²) in [6.07, 6.45) is 0. The molecule has 1 aliphatic rings. The summed E-state index contributed by atoms with van der Waals surface area (Å²) < 4.78 is 5.03. The average molecular weight is 415 g/mol. The number of anilines is 3. The molecule has 0 atom stereocenters. The van der Waals surface area contributed by atoms with Gasteiger partial charge in [0.2, 0.25) is 0 Å². The van der Waals surface area contributed by atoms with Gasteiger partial charge in [0.25, 0.3) is 17.7 Å². The molecule has 0 spiro atoms. The Balaban J connectivity index is 1.59. The lowest BCUT2D eigenvalue weighted by Crippen LogP contribution is -2.29. The molecule has 3 N–H and O–H groups in total. The third kappa shape index (κ3) is 3.86. The third-order valence-electron chi connectivity index (χ3n) is 4.65. The Morgan fingerprint density at radius 3 is 2.32 bits per heavy atom. The van der Waals surface area contributed by atoms with Gasteiger partial charge in [0.05, 0.1) is 16.8 Å². The van der Waals surface area contributed by atoms with Crippen molar-refractivity contribution in [2.45, 2.75) is 6.92 Å². The van der Waals surface area contributed by atoms with Crippen molar-refractivity contribution >= 4 is 40.8 Å². The number of hydrogen-bond acceptors (Lipinski definition) is 6. The van der Waals surface area contributed by atoms with Crippen LogP contribution in [0.4, 0.5) is 17.1 Å². The first kappa shape index (κ1) is 19.8. The van der Waals surface area contributed by atoms with Gasteiger partial charge in [-0.2, -0.15) is 0 Å². The van der Waals surface area contributed by atoms with Crippen molar-refractivity contribution in [3.8, 4) is 5.75 Å². The van der Waals surface area contributed by atoms with Gasteiger partial charge in [0.15, 0.2) is 0 Å². The van der Waals surface area contributed by atoms with Gasteiger partial charge in [-0.3, -0.25) is 19.2 Å². The molecule has 0 aliphatic carbocycles. The molecular formula is C23H17N3O5. The summed E-state index contributed by atoms with van der Waals surface area (Å²) in [5.41, 5.74) is 7.60. The summed E-state index contributed by atoms with van der Waals surface area (Å²) in [6, 6.07) is 17.0. The Hall–Kier alpha value is -4.46. The standard InChI is InChI=1S/C23H17N3O5/c1-13(27)31-18-4-2-3-17(12-18)26-22(29)19-10-9-16(11-20(19)23(26)30)25-21(28)14-5-7-15(24)8-6-14/h2-12H,24H2,1H3,(H,25,28). The second kappa shape index (κ2) is 7.75. The average Bonchev–Trinajstić information content (AvgIpc) is 2.98. The highest BCUT2D eigenvalue weighted by Crippen LogP contribution is 2.32. The molecule has 1 aliphatic heterocycles. The van der Waals surface area contributed by atoms with Crippen LogP contribution in [0.3, 0.4) is 0 Å². The summed E-state index contributed by atoms with van der Waals surface area (Å²) in [5.74, 6) is -1.71. The Bertz CT molecular complexity index is 1230. The number of ether oxygens (including phenoxy) is 1. The van der Waals surface area contributed by atoms with Gasteiger partial charge >= 0.3 is 5.97 Å². The van der Waals surface area contributed by atoms with Crippen LogP contribution in [0.2, 0.25) is 0 Å². The molecule has 4 rings (SSSR count). The first-order valence-corrected chi connectivity index (χ1v) is 9.32. The predicted molar refractivity (Wildman–Crippen MR) is 114 cm³/mol. The molecule has 8 heteroatoms. The number of benzene rings is 3. The number of carbonyl (C=O) groups is 4. The number of nitrogens with two attached hydrogens (primary N) is 1. The van der Waals surface area contributed by atoms with Gasteiger partial charge in [-0.15, -0.1) is 0 Å². The van der Waals surface area contributed by atoms with E-state index in [1.165, 1.54) is 25.1 Å². The van der Waals surface area contributed by atoms with Crippen LogP contribution >= 0.6 is 0 Å². The number of esters is 1. The Labute approximate surface area is 177 Å². The van der Waals surface area contributed by atoms with E-state index in [1.54, 1.807) is 48.5 Å². The molecular weight excluding hydrogens is 398 g/mol. The monoisotopic (exact) mass is 415 g/mol. The predicted octanol–water partition coefficient (Wildman–Crippen LogP) is 3.25. The number of carbonyl (C=O) groups excluding carboxylic acids is 4. The summed E-state index contributed by atoms with van der Waals surface area (Å²) in [6.45, 7) is 1.26. The van der Waals surface area contributed by atoms with Gasteiger partial charge in [-0.1, -0.05) is 6.07 Å². The number of fused-ring (bicyclic) bond motifs is 1. The van der Waals surface area contributed by atoms with Crippen LogP contribution in [-0.2, 0) is 4.79 Å². The van der Waals surface area contributed by atoms with Crippen molar-refractivity contribution in [3.63, 3.8) is 0 Å². The normalized spacial score (nSPS) is 12.5. The zero-order chi connectivity index (χ0) is 22.1. The van der Waals surface area contributed by atoms with Crippen LogP contribution in [-0.4, -0.2) is 23.7 Å². The first-order chi connectivity index (χ1) is 14.8. The van der Waals surface area contributed by atoms with Crippen LogP contribution in [0.5, 0.6) is 5.75 Å². The van der Waals surface area contributed by atoms with Crippen molar-refractivity contribution < 1.29 is 23.9 Å². The molecule has 0 saturated heterocycles. The molecule has 0 bridgehead atoms. The number of rotatable bonds is 4. The van der Waals surface area contributed by atoms with Crippen molar-refractivity contribution in [1.29, 1.82) is 0 Å². The maximum Gasteiger partial charge on any atom is 0.308 e. The van der Waals surface area contributed by atoms with Crippen LogP contribution in [0, 0.1) is 0 Å². The number of nitrogens with zero attached hydrogens (tertiary/aromatic N) is 1. The molecule has 3 amide bonds.